The summed E-state index contributed by atoms with van der Waals surface area (Å²) in [5.74, 6) is 0.947. The van der Waals surface area contributed by atoms with E-state index in [1.54, 1.807) is 0 Å². The van der Waals surface area contributed by atoms with Gasteiger partial charge in [-0.25, -0.2) is 18.2 Å². The Balaban J connectivity index is 1.77. The molecule has 2 heterocycles. The van der Waals surface area contributed by atoms with Gasteiger partial charge in [0.05, 0.1) is 24.0 Å². The number of oxime groups is 2. The Hall–Kier alpha value is -1.15. The monoisotopic (exact) mass is 410 g/mol. The third-order valence-corrected chi connectivity index (χ3v) is 5.63. The van der Waals surface area contributed by atoms with Crippen LogP contribution in [0.5, 0.6) is 0 Å². The van der Waals surface area contributed by atoms with Crippen LogP contribution in [0.3, 0.4) is 0 Å². The molecule has 0 N–H and O–H groups in total. The van der Waals surface area contributed by atoms with Crippen LogP contribution >= 0.6 is 35.7 Å². The van der Waals surface area contributed by atoms with E-state index in [0.717, 1.165) is 20.7 Å². The van der Waals surface area contributed by atoms with Crippen molar-refractivity contribution >= 4 is 57.9 Å². The normalized spacial score (nSPS) is 26.1. The fraction of sp³-hybridized carbons (Fsp3) is 0.667. The minimum atomic E-state index is -0.739. The van der Waals surface area contributed by atoms with Crippen LogP contribution in [0.1, 0.15) is 13.8 Å². The molecule has 2 rings (SSSR count). The highest BCUT2D eigenvalue weighted by Crippen LogP contribution is 2.22. The van der Waals surface area contributed by atoms with Crippen LogP contribution in [0.4, 0.5) is 9.59 Å². The van der Waals surface area contributed by atoms with Gasteiger partial charge in [-0.1, -0.05) is 33.8 Å². The van der Waals surface area contributed by atoms with E-state index in [1.165, 1.54) is 37.6 Å². The summed E-state index contributed by atoms with van der Waals surface area (Å²) >= 11 is 3.50. The van der Waals surface area contributed by atoms with E-state index >= 15 is 0 Å². The second kappa shape index (κ2) is 9.52. The molecule has 2 atom stereocenters. The van der Waals surface area contributed by atoms with Crippen LogP contribution in [0, 0.1) is 0 Å². The quantitative estimate of drug-likeness (QED) is 0.393. The van der Waals surface area contributed by atoms with Crippen LogP contribution in [-0.4, -0.2) is 69.1 Å². The molecule has 0 saturated carbocycles. The van der Waals surface area contributed by atoms with Crippen molar-refractivity contribution in [3.63, 3.8) is 0 Å². The van der Waals surface area contributed by atoms with Gasteiger partial charge in [0, 0.05) is 14.1 Å². The van der Waals surface area contributed by atoms with Crippen molar-refractivity contribution in [3.05, 3.63) is 0 Å². The van der Waals surface area contributed by atoms with Crippen molar-refractivity contribution in [2.45, 2.75) is 26.1 Å². The van der Waals surface area contributed by atoms with E-state index in [1.807, 2.05) is 13.8 Å². The van der Waals surface area contributed by atoms with Gasteiger partial charge in [-0.05, 0) is 13.8 Å². The molecule has 2 aliphatic rings. The van der Waals surface area contributed by atoms with Crippen molar-refractivity contribution in [2.24, 2.45) is 10.3 Å². The lowest BCUT2D eigenvalue weighted by Gasteiger charge is -2.19. The van der Waals surface area contributed by atoms with Crippen LogP contribution in [0.2, 0.25) is 0 Å². The summed E-state index contributed by atoms with van der Waals surface area (Å²) in [6.45, 7) is 3.62. The van der Waals surface area contributed by atoms with Gasteiger partial charge in [0.1, 0.15) is 22.3 Å². The first-order valence-electron chi connectivity index (χ1n) is 7.10. The molecule has 13 heteroatoms. The maximum atomic E-state index is 11.9. The van der Waals surface area contributed by atoms with E-state index in [-0.39, 0.29) is 12.2 Å². The van der Waals surface area contributed by atoms with Gasteiger partial charge in [-0.3, -0.25) is 9.68 Å². The second-order valence-corrected chi connectivity index (χ2v) is 7.94. The Morgan fingerprint density at radius 2 is 1.40 bits per heavy atom. The van der Waals surface area contributed by atoms with Gasteiger partial charge in [-0.15, -0.1) is 0 Å². The Morgan fingerprint density at radius 1 is 1.00 bits per heavy atom. The number of ether oxygens (including phenoxy) is 2. The fourth-order valence-electron chi connectivity index (χ4n) is 1.50. The highest BCUT2D eigenvalue weighted by molar-refractivity contribution is 8.14. The zero-order valence-corrected chi connectivity index (χ0v) is 16.5. The summed E-state index contributed by atoms with van der Waals surface area (Å²) in [6, 6.07) is 0. The number of amides is 2. The molecule has 10 nitrogen and oxygen atoms in total. The fourth-order valence-corrected chi connectivity index (χ4v) is 3.64. The summed E-state index contributed by atoms with van der Waals surface area (Å²) in [7, 11) is 2.88. The predicted molar refractivity (Wildman–Crippen MR) is 97.0 cm³/mol. The Morgan fingerprint density at radius 3 is 1.72 bits per heavy atom. The van der Waals surface area contributed by atoms with Crippen molar-refractivity contribution in [3.8, 4) is 0 Å². The molecule has 140 valence electrons. The maximum Gasteiger partial charge on any atom is 0.447 e. The number of carbonyl (C=O) groups is 2. The third kappa shape index (κ3) is 5.95. The number of hydrogen-bond donors (Lipinski definition) is 0. The SMILES string of the molecule is CC1OCSC1=NOC(=O)N(C)SN(C)C(=O)ON=C1SCOC1C. The van der Waals surface area contributed by atoms with E-state index in [2.05, 4.69) is 10.3 Å². The largest absolute Gasteiger partial charge is 0.447 e. The van der Waals surface area contributed by atoms with Crippen molar-refractivity contribution in [1.29, 1.82) is 0 Å². The van der Waals surface area contributed by atoms with Crippen LogP contribution in [0.25, 0.3) is 0 Å². The molecule has 0 aromatic carbocycles. The maximum absolute atomic E-state index is 11.9. The van der Waals surface area contributed by atoms with E-state index < -0.39 is 12.2 Å². The molecule has 2 aliphatic heterocycles. The molecule has 0 aromatic heterocycles. The number of nitrogens with zero attached hydrogens (tertiary/aromatic N) is 4. The smallest absolute Gasteiger partial charge is 0.361 e. The van der Waals surface area contributed by atoms with Crippen LogP contribution in [-0.2, 0) is 19.1 Å². The van der Waals surface area contributed by atoms with Gasteiger partial charge >= 0.3 is 12.2 Å². The first kappa shape index (κ1) is 20.2. The van der Waals surface area contributed by atoms with Gasteiger partial charge in [0.25, 0.3) is 0 Å². The second-order valence-electron chi connectivity index (χ2n) is 4.79. The Kier molecular flexibility index (Phi) is 7.68. The number of carbonyl (C=O) groups excluding carboxylic acids is 2. The lowest BCUT2D eigenvalue weighted by molar-refractivity contribution is 0.127. The minimum Gasteiger partial charge on any atom is -0.361 e. The summed E-state index contributed by atoms with van der Waals surface area (Å²) in [5, 5.41) is 8.67. The van der Waals surface area contributed by atoms with E-state index in [0.29, 0.717) is 22.0 Å². The first-order chi connectivity index (χ1) is 11.9. The van der Waals surface area contributed by atoms with Gasteiger partial charge in [0.15, 0.2) is 0 Å². The van der Waals surface area contributed by atoms with Gasteiger partial charge < -0.3 is 9.47 Å². The minimum absolute atomic E-state index is 0.202. The highest BCUT2D eigenvalue weighted by atomic mass is 32.2. The molecule has 0 aromatic rings. The zero-order chi connectivity index (χ0) is 18.4. The molecule has 0 bridgehead atoms. The van der Waals surface area contributed by atoms with Crippen molar-refractivity contribution in [2.75, 3.05) is 26.0 Å². The Labute approximate surface area is 157 Å². The standard InChI is InChI=1S/C12H18N4O6S3/c1-7-9(23-5-19-7)13-21-11(17)15(3)25-16(4)12(18)22-14-10-8(2)20-6-24-10/h7-8H,5-6H2,1-4H3. The molecular weight excluding hydrogens is 392 g/mol. The predicted octanol–water partition coefficient (Wildman–Crippen LogP) is 2.53. The molecule has 2 unspecified atom stereocenters. The average Bonchev–Trinajstić information content (AvgIpc) is 3.18. The molecule has 25 heavy (non-hydrogen) atoms. The zero-order valence-electron chi connectivity index (χ0n) is 14.0. The van der Waals surface area contributed by atoms with E-state index in [9.17, 15) is 9.59 Å². The van der Waals surface area contributed by atoms with Crippen molar-refractivity contribution < 1.29 is 28.7 Å². The lowest BCUT2D eigenvalue weighted by Crippen LogP contribution is -2.29. The number of rotatable bonds is 4. The van der Waals surface area contributed by atoms with E-state index in [4.69, 9.17) is 19.1 Å². The lowest BCUT2D eigenvalue weighted by atomic mass is 10.4. The highest BCUT2D eigenvalue weighted by Gasteiger charge is 2.24. The summed E-state index contributed by atoms with van der Waals surface area (Å²) in [5.41, 5.74) is 0. The average molecular weight is 410 g/mol. The molecule has 0 aliphatic carbocycles. The molecular formula is C12H18N4O6S3. The van der Waals surface area contributed by atoms with Crippen LogP contribution < -0.4 is 0 Å². The molecule has 2 amide bonds. The molecule has 2 saturated heterocycles. The van der Waals surface area contributed by atoms with Gasteiger partial charge in [0.2, 0.25) is 0 Å². The van der Waals surface area contributed by atoms with Crippen LogP contribution in [0.15, 0.2) is 10.3 Å². The molecule has 0 radical (unpaired) electrons. The number of hydrogen-bond acceptors (Lipinski definition) is 11. The Bertz CT molecular complexity index is 527. The topological polar surface area (TPSA) is 102 Å². The van der Waals surface area contributed by atoms with Gasteiger partial charge in [-0.2, -0.15) is 0 Å². The summed E-state index contributed by atoms with van der Waals surface area (Å²) in [6.07, 6.45) is -1.88. The van der Waals surface area contributed by atoms with Crippen molar-refractivity contribution in [1.82, 2.24) is 8.61 Å². The summed E-state index contributed by atoms with van der Waals surface area (Å²) in [4.78, 5) is 33.4. The first-order valence-corrected chi connectivity index (χ1v) is 9.80. The molecule has 2 fully saturated rings. The summed E-state index contributed by atoms with van der Waals surface area (Å²) < 4.78 is 12.7. The molecule has 0 spiro atoms. The number of thioether (sulfide) groups is 2. The third-order valence-electron chi connectivity index (χ3n) is 2.93.